The van der Waals surface area contributed by atoms with Gasteiger partial charge >= 0.3 is 0 Å². The zero-order chi connectivity index (χ0) is 24.0. The van der Waals surface area contributed by atoms with E-state index in [4.69, 9.17) is 23.7 Å². The Kier molecular flexibility index (Phi) is 8.60. The average Bonchev–Trinajstić information content (AvgIpc) is 3.20. The van der Waals surface area contributed by atoms with Gasteiger partial charge in [-0.1, -0.05) is 36.1 Å². The van der Waals surface area contributed by atoms with Gasteiger partial charge in [-0.15, -0.1) is 11.3 Å². The van der Waals surface area contributed by atoms with Crippen LogP contribution < -0.4 is 11.5 Å². The highest BCUT2D eigenvalue weighted by Crippen LogP contribution is 2.30. The molecule has 4 aromatic rings. The number of benzene rings is 1. The number of nitrogen functional groups attached to an aromatic ring is 2. The van der Waals surface area contributed by atoms with Gasteiger partial charge in [0, 0.05) is 53.8 Å². The predicted molar refractivity (Wildman–Crippen MR) is 146 cm³/mol. The Hall–Kier alpha value is -2.75. The summed E-state index contributed by atoms with van der Waals surface area (Å²) in [5.41, 5.74) is 15.2. The van der Waals surface area contributed by atoms with E-state index in [1.807, 2.05) is 36.5 Å². The van der Waals surface area contributed by atoms with E-state index in [9.17, 15) is 0 Å². The number of thiazole rings is 1. The second kappa shape index (κ2) is 11.4. The van der Waals surface area contributed by atoms with Crippen LogP contribution in [0.3, 0.4) is 0 Å². The zero-order valence-corrected chi connectivity index (χ0v) is 21.5. The Labute approximate surface area is 208 Å². The minimum absolute atomic E-state index is 0.382. The van der Waals surface area contributed by atoms with Crippen LogP contribution in [0.5, 0.6) is 0 Å². The van der Waals surface area contributed by atoms with Gasteiger partial charge in [-0.25, -0.2) is 4.98 Å². The molecule has 9 heteroatoms. The van der Waals surface area contributed by atoms with Crippen LogP contribution in [0.2, 0.25) is 0 Å². The lowest BCUT2D eigenvalue weighted by Crippen LogP contribution is -2.39. The molecule has 1 aromatic carbocycles. The number of hydrogen-bond acceptors (Lipinski definition) is 8. The first kappa shape index (κ1) is 24.9. The molecule has 0 aliphatic carbocycles. The Morgan fingerprint density at radius 1 is 1.00 bits per heavy atom. The van der Waals surface area contributed by atoms with Gasteiger partial charge in [-0.3, -0.25) is 9.97 Å². The number of nitrogens with zero attached hydrogens (tertiary/aromatic N) is 4. The number of nitrogens with two attached hydrogens (primary N) is 2. The van der Waals surface area contributed by atoms with Gasteiger partial charge in [0.2, 0.25) is 0 Å². The molecule has 33 heavy (non-hydrogen) atoms. The lowest BCUT2D eigenvalue weighted by Gasteiger charge is -2.32. The van der Waals surface area contributed by atoms with Crippen LogP contribution in [0.1, 0.15) is 27.7 Å². The summed E-state index contributed by atoms with van der Waals surface area (Å²) < 4.78 is 1.94. The topological polar surface area (TPSA) is 94.0 Å². The van der Waals surface area contributed by atoms with Gasteiger partial charge in [-0.05, 0) is 52.0 Å². The molecule has 0 unspecified atom stereocenters. The van der Waals surface area contributed by atoms with Crippen LogP contribution in [0.15, 0.2) is 66.1 Å². The summed E-state index contributed by atoms with van der Waals surface area (Å²) in [6, 6.07) is 12.2. The largest absolute Gasteiger partial charge is 0.399 e. The number of thiocarbonyl (C=S) groups is 1. The normalized spacial score (nSPS) is 10.8. The van der Waals surface area contributed by atoms with Gasteiger partial charge in [0.05, 0.1) is 15.1 Å². The second-order valence-corrected chi connectivity index (χ2v) is 10.6. The number of rotatable bonds is 4. The maximum atomic E-state index is 5.88. The molecule has 3 heterocycles. The van der Waals surface area contributed by atoms with Crippen molar-refractivity contribution < 1.29 is 0 Å². The maximum absolute atomic E-state index is 5.88. The standard InChI is InChI=1S/C12H19N3S2.C12H9N3S/c1-8(2)15(9(3)4)12(16)17-11-7-14-6-5-10(11)13;13-9-3-1-2-8(6-9)12-15-10-4-5-14-7-11(10)16-12/h5-9H,1-4H3,(H2,13,14);1-7H,13H2. The van der Waals surface area contributed by atoms with Gasteiger partial charge in [0.15, 0.2) is 0 Å². The highest BCUT2D eigenvalue weighted by molar-refractivity contribution is 8.23. The van der Waals surface area contributed by atoms with Crippen LogP contribution >= 0.6 is 35.3 Å². The molecule has 0 bridgehead atoms. The van der Waals surface area contributed by atoms with Crippen molar-refractivity contribution in [3.05, 3.63) is 61.2 Å². The summed E-state index contributed by atoms with van der Waals surface area (Å²) in [5.74, 6) is 0. The van der Waals surface area contributed by atoms with Crippen LogP contribution in [-0.2, 0) is 0 Å². The van der Waals surface area contributed by atoms with E-state index in [1.54, 1.807) is 36.0 Å². The van der Waals surface area contributed by atoms with Crippen molar-refractivity contribution in [1.29, 1.82) is 0 Å². The molecule has 0 amide bonds. The summed E-state index contributed by atoms with van der Waals surface area (Å²) in [6.07, 6.45) is 7.03. The van der Waals surface area contributed by atoms with E-state index in [1.165, 1.54) is 11.8 Å². The third kappa shape index (κ3) is 6.63. The summed E-state index contributed by atoms with van der Waals surface area (Å²) in [6.45, 7) is 8.55. The number of pyridine rings is 2. The predicted octanol–water partition coefficient (Wildman–Crippen LogP) is 6.10. The van der Waals surface area contributed by atoms with Crippen molar-refractivity contribution in [2.45, 2.75) is 44.7 Å². The second-order valence-electron chi connectivity index (χ2n) is 7.86. The number of hydrogen-bond donors (Lipinski definition) is 2. The molecule has 0 spiro atoms. The van der Waals surface area contributed by atoms with Crippen LogP contribution in [0.25, 0.3) is 20.8 Å². The molecule has 0 saturated carbocycles. The molecule has 0 radical (unpaired) electrons. The molecule has 6 nitrogen and oxygen atoms in total. The third-order valence-corrected chi connectivity index (χ3v) is 7.12. The van der Waals surface area contributed by atoms with E-state index < -0.39 is 0 Å². The number of fused-ring (bicyclic) bond motifs is 1. The fourth-order valence-corrected chi connectivity index (χ4v) is 5.85. The van der Waals surface area contributed by atoms with Crippen molar-refractivity contribution in [2.75, 3.05) is 11.5 Å². The van der Waals surface area contributed by atoms with Gasteiger partial charge < -0.3 is 16.4 Å². The van der Waals surface area contributed by atoms with Crippen molar-refractivity contribution in [3.8, 4) is 10.6 Å². The molecule has 0 aliphatic rings. The zero-order valence-electron chi connectivity index (χ0n) is 19.1. The van der Waals surface area contributed by atoms with Crippen molar-refractivity contribution in [2.24, 2.45) is 0 Å². The minimum Gasteiger partial charge on any atom is -0.399 e. The van der Waals surface area contributed by atoms with Crippen molar-refractivity contribution in [3.63, 3.8) is 0 Å². The fraction of sp³-hybridized carbons (Fsp3) is 0.250. The first-order valence-corrected chi connectivity index (χ1v) is 12.6. The quantitative estimate of drug-likeness (QED) is 0.199. The van der Waals surface area contributed by atoms with Crippen molar-refractivity contribution >= 4 is 61.2 Å². The highest BCUT2D eigenvalue weighted by atomic mass is 32.2. The maximum Gasteiger partial charge on any atom is 0.141 e. The van der Waals surface area contributed by atoms with E-state index in [-0.39, 0.29) is 0 Å². The van der Waals surface area contributed by atoms with Crippen LogP contribution in [0, 0.1) is 0 Å². The number of anilines is 2. The molecule has 172 valence electrons. The fourth-order valence-electron chi connectivity index (χ4n) is 3.22. The Morgan fingerprint density at radius 3 is 2.33 bits per heavy atom. The highest BCUT2D eigenvalue weighted by Gasteiger charge is 2.18. The van der Waals surface area contributed by atoms with E-state index in [2.05, 4.69) is 47.5 Å². The molecule has 4 N–H and O–H groups in total. The lowest BCUT2D eigenvalue weighted by atomic mass is 10.2. The van der Waals surface area contributed by atoms with E-state index in [0.717, 1.165) is 41.4 Å². The number of thioether (sulfide) groups is 1. The van der Waals surface area contributed by atoms with Gasteiger partial charge in [-0.2, -0.15) is 0 Å². The molecular formula is C24H28N6S3. The van der Waals surface area contributed by atoms with Crippen molar-refractivity contribution in [1.82, 2.24) is 19.9 Å². The number of aromatic nitrogens is 3. The van der Waals surface area contributed by atoms with E-state index >= 15 is 0 Å². The molecule has 4 rings (SSSR count). The Balaban J connectivity index is 0.000000186. The van der Waals surface area contributed by atoms with E-state index in [0.29, 0.717) is 12.1 Å². The lowest BCUT2D eigenvalue weighted by molar-refractivity contribution is 0.303. The first-order valence-electron chi connectivity index (χ1n) is 10.5. The molecule has 0 atom stereocenters. The monoisotopic (exact) mass is 496 g/mol. The smallest absolute Gasteiger partial charge is 0.141 e. The van der Waals surface area contributed by atoms with Crippen LogP contribution in [-0.4, -0.2) is 36.3 Å². The summed E-state index contributed by atoms with van der Waals surface area (Å²) in [5, 5.41) is 0.982. The first-order chi connectivity index (χ1) is 15.8. The summed E-state index contributed by atoms with van der Waals surface area (Å²) in [7, 11) is 0. The van der Waals surface area contributed by atoms with Gasteiger partial charge in [0.1, 0.15) is 9.33 Å². The van der Waals surface area contributed by atoms with Crippen LogP contribution in [0.4, 0.5) is 11.4 Å². The summed E-state index contributed by atoms with van der Waals surface area (Å²) in [4.78, 5) is 15.8. The molecule has 0 aliphatic heterocycles. The molecule has 0 saturated heterocycles. The molecule has 3 aromatic heterocycles. The SMILES string of the molecule is CC(C)N(C(=S)Sc1cnccc1N)C(C)C.Nc1cccc(-c2nc3ccncc3s2)c1. The Bertz CT molecular complexity index is 1180. The van der Waals surface area contributed by atoms with Gasteiger partial charge in [0.25, 0.3) is 0 Å². The minimum atomic E-state index is 0.382. The third-order valence-electron chi connectivity index (χ3n) is 4.66. The average molecular weight is 497 g/mol. The Morgan fingerprint density at radius 2 is 1.70 bits per heavy atom. The molecular weight excluding hydrogens is 469 g/mol. The molecule has 0 fully saturated rings. The summed E-state index contributed by atoms with van der Waals surface area (Å²) >= 11 is 8.61.